The monoisotopic (exact) mass is 369 g/mol. The van der Waals surface area contributed by atoms with Gasteiger partial charge < -0.3 is 10.0 Å². The molecule has 3 rings (SSSR count). The molecule has 2 aromatic rings. The second-order valence-electron chi connectivity index (χ2n) is 8.51. The van der Waals surface area contributed by atoms with Gasteiger partial charge in [-0.2, -0.15) is 0 Å². The largest absolute Gasteiger partial charge is 0.385 e. The highest BCUT2D eigenvalue weighted by Gasteiger charge is 2.44. The van der Waals surface area contributed by atoms with Crippen molar-refractivity contribution in [1.82, 2.24) is 4.90 Å². The number of nitrogens with zero attached hydrogens (tertiary/aromatic N) is 1. The van der Waals surface area contributed by atoms with Gasteiger partial charge in [0, 0.05) is 12.5 Å². The molecular weight excluding hydrogens is 337 g/mol. The van der Waals surface area contributed by atoms with E-state index >= 15 is 0 Å². The summed E-state index contributed by atoms with van der Waals surface area (Å²) in [6.07, 6.45) is 4.90. The smallest absolute Gasteiger partial charge is 0.123 e. The van der Waals surface area contributed by atoms with Crippen LogP contribution < -0.4 is 0 Å². The van der Waals surface area contributed by atoms with Crippen molar-refractivity contribution in [2.45, 2.75) is 44.6 Å². The predicted molar refractivity (Wildman–Crippen MR) is 109 cm³/mol. The van der Waals surface area contributed by atoms with Crippen LogP contribution in [0.1, 0.15) is 42.4 Å². The second kappa shape index (κ2) is 8.53. The van der Waals surface area contributed by atoms with E-state index in [-0.39, 0.29) is 11.7 Å². The molecule has 3 atom stereocenters. The highest BCUT2D eigenvalue weighted by Crippen LogP contribution is 2.46. The number of aryl methyl sites for hydroxylation is 2. The van der Waals surface area contributed by atoms with E-state index in [1.54, 1.807) is 12.1 Å². The van der Waals surface area contributed by atoms with Crippen LogP contribution in [-0.4, -0.2) is 30.6 Å². The molecule has 1 aliphatic rings. The van der Waals surface area contributed by atoms with E-state index in [0.29, 0.717) is 12.3 Å². The van der Waals surface area contributed by atoms with Gasteiger partial charge in [-0.3, -0.25) is 0 Å². The Kier molecular flexibility index (Phi) is 6.33. The van der Waals surface area contributed by atoms with Gasteiger partial charge in [0.25, 0.3) is 0 Å². The molecule has 2 aromatic carbocycles. The van der Waals surface area contributed by atoms with E-state index in [2.05, 4.69) is 35.2 Å². The quantitative estimate of drug-likeness (QED) is 0.780. The maximum atomic E-state index is 13.9. The molecule has 1 fully saturated rings. The summed E-state index contributed by atoms with van der Waals surface area (Å²) < 4.78 is 13.9. The summed E-state index contributed by atoms with van der Waals surface area (Å²) >= 11 is 0. The minimum Gasteiger partial charge on any atom is -0.385 e. The second-order valence-corrected chi connectivity index (χ2v) is 8.51. The van der Waals surface area contributed by atoms with E-state index < -0.39 is 5.60 Å². The Morgan fingerprint density at radius 1 is 1.15 bits per heavy atom. The molecular formula is C24H32FNO. The van der Waals surface area contributed by atoms with Gasteiger partial charge in [-0.1, -0.05) is 36.4 Å². The standard InChI is InChI=1S/C24H32FNO/c1-18-9-12-22(25)16-23(18)24(27)14-13-20(15-21(24)17-26(2)3)11-10-19-7-5-4-6-8-19/h4-9,12,16,20-21,27H,10-11,13-15,17H2,1-3H3. The van der Waals surface area contributed by atoms with Crippen LogP contribution in [-0.2, 0) is 12.0 Å². The highest BCUT2D eigenvalue weighted by atomic mass is 19.1. The van der Waals surface area contributed by atoms with Crippen molar-refractivity contribution in [3.05, 3.63) is 71.0 Å². The molecule has 0 radical (unpaired) electrons. The van der Waals surface area contributed by atoms with Crippen LogP contribution >= 0.6 is 0 Å². The molecule has 27 heavy (non-hydrogen) atoms. The zero-order valence-corrected chi connectivity index (χ0v) is 16.8. The summed E-state index contributed by atoms with van der Waals surface area (Å²) in [6.45, 7) is 2.79. The minimum atomic E-state index is -0.945. The summed E-state index contributed by atoms with van der Waals surface area (Å²) in [5.41, 5.74) is 2.18. The van der Waals surface area contributed by atoms with Crippen LogP contribution in [0.5, 0.6) is 0 Å². The van der Waals surface area contributed by atoms with Crippen LogP contribution in [0.25, 0.3) is 0 Å². The zero-order chi connectivity index (χ0) is 19.4. The minimum absolute atomic E-state index is 0.113. The van der Waals surface area contributed by atoms with E-state index in [4.69, 9.17) is 0 Å². The number of hydrogen-bond donors (Lipinski definition) is 1. The van der Waals surface area contributed by atoms with Gasteiger partial charge in [-0.15, -0.1) is 0 Å². The van der Waals surface area contributed by atoms with E-state index in [1.165, 1.54) is 11.6 Å². The zero-order valence-electron chi connectivity index (χ0n) is 16.8. The van der Waals surface area contributed by atoms with E-state index in [9.17, 15) is 9.50 Å². The summed E-state index contributed by atoms with van der Waals surface area (Å²) in [5, 5.41) is 11.7. The molecule has 1 saturated carbocycles. The Balaban J connectivity index is 1.77. The molecule has 2 nitrogen and oxygen atoms in total. The topological polar surface area (TPSA) is 23.5 Å². The van der Waals surface area contributed by atoms with Crippen molar-refractivity contribution in [1.29, 1.82) is 0 Å². The highest BCUT2D eigenvalue weighted by molar-refractivity contribution is 5.33. The summed E-state index contributed by atoms with van der Waals surface area (Å²) in [4.78, 5) is 2.14. The summed E-state index contributed by atoms with van der Waals surface area (Å²) in [6, 6.07) is 15.4. The van der Waals surface area contributed by atoms with Crippen LogP contribution in [0.3, 0.4) is 0 Å². The van der Waals surface area contributed by atoms with E-state index in [0.717, 1.165) is 43.4 Å². The van der Waals surface area contributed by atoms with Gasteiger partial charge in [0.05, 0.1) is 5.60 Å². The average Bonchev–Trinajstić information content (AvgIpc) is 2.65. The number of benzene rings is 2. The molecule has 0 bridgehead atoms. The molecule has 3 unspecified atom stereocenters. The van der Waals surface area contributed by atoms with Crippen molar-refractivity contribution in [3.8, 4) is 0 Å². The Morgan fingerprint density at radius 3 is 2.59 bits per heavy atom. The molecule has 1 aliphatic carbocycles. The molecule has 3 heteroatoms. The van der Waals surface area contributed by atoms with Gasteiger partial charge in [-0.05, 0) is 87.9 Å². The third-order valence-corrected chi connectivity index (χ3v) is 6.16. The molecule has 146 valence electrons. The molecule has 0 spiro atoms. The first-order valence-corrected chi connectivity index (χ1v) is 10.1. The van der Waals surface area contributed by atoms with Crippen molar-refractivity contribution >= 4 is 0 Å². The van der Waals surface area contributed by atoms with Crippen LogP contribution in [0.4, 0.5) is 4.39 Å². The van der Waals surface area contributed by atoms with Crippen molar-refractivity contribution < 1.29 is 9.50 Å². The summed E-state index contributed by atoms with van der Waals surface area (Å²) in [5.74, 6) is 0.450. The maximum Gasteiger partial charge on any atom is 0.123 e. The number of rotatable bonds is 6. The molecule has 1 N–H and O–H groups in total. The van der Waals surface area contributed by atoms with Crippen molar-refractivity contribution in [2.75, 3.05) is 20.6 Å². The lowest BCUT2D eigenvalue weighted by Crippen LogP contribution is -2.45. The Hall–Kier alpha value is -1.71. The van der Waals surface area contributed by atoms with Crippen molar-refractivity contribution in [2.24, 2.45) is 11.8 Å². The van der Waals surface area contributed by atoms with Gasteiger partial charge in [0.2, 0.25) is 0 Å². The van der Waals surface area contributed by atoms with Gasteiger partial charge in [0.15, 0.2) is 0 Å². The first-order valence-electron chi connectivity index (χ1n) is 10.1. The third kappa shape index (κ3) is 4.77. The first-order chi connectivity index (χ1) is 12.9. The third-order valence-electron chi connectivity index (χ3n) is 6.16. The molecule has 0 saturated heterocycles. The Labute approximate surface area is 163 Å². The van der Waals surface area contributed by atoms with Crippen LogP contribution in [0, 0.1) is 24.6 Å². The molecule has 0 aliphatic heterocycles. The van der Waals surface area contributed by atoms with Gasteiger partial charge in [0.1, 0.15) is 5.82 Å². The SMILES string of the molecule is Cc1ccc(F)cc1C1(O)CCC(CCc2ccccc2)CC1CN(C)C. The number of aliphatic hydroxyl groups is 1. The van der Waals surface area contributed by atoms with Crippen LogP contribution in [0.15, 0.2) is 48.5 Å². The predicted octanol–water partition coefficient (Wildman–Crippen LogP) is 4.93. The number of hydrogen-bond acceptors (Lipinski definition) is 2. The Morgan fingerprint density at radius 2 is 1.89 bits per heavy atom. The molecule has 0 heterocycles. The fourth-order valence-corrected chi connectivity index (χ4v) is 4.70. The lowest BCUT2D eigenvalue weighted by molar-refractivity contribution is -0.0766. The van der Waals surface area contributed by atoms with E-state index in [1.807, 2.05) is 21.0 Å². The normalized spacial score (nSPS) is 25.7. The fraction of sp³-hybridized carbons (Fsp3) is 0.500. The molecule has 0 aromatic heterocycles. The van der Waals surface area contributed by atoms with Crippen molar-refractivity contribution in [3.63, 3.8) is 0 Å². The lowest BCUT2D eigenvalue weighted by atomic mass is 9.66. The van der Waals surface area contributed by atoms with Crippen LogP contribution in [0.2, 0.25) is 0 Å². The average molecular weight is 370 g/mol. The first kappa shape index (κ1) is 20.0. The maximum absolute atomic E-state index is 13.9. The lowest BCUT2D eigenvalue weighted by Gasteiger charge is -2.45. The fourth-order valence-electron chi connectivity index (χ4n) is 4.70. The van der Waals surface area contributed by atoms with Gasteiger partial charge in [-0.25, -0.2) is 4.39 Å². The molecule has 0 amide bonds. The number of halogens is 1. The Bertz CT molecular complexity index is 745. The summed E-state index contributed by atoms with van der Waals surface area (Å²) in [7, 11) is 4.10. The van der Waals surface area contributed by atoms with Gasteiger partial charge >= 0.3 is 0 Å².